The maximum absolute atomic E-state index is 11.9. The highest BCUT2D eigenvalue weighted by molar-refractivity contribution is 5.91. The Morgan fingerprint density at radius 3 is 2.41 bits per heavy atom. The summed E-state index contributed by atoms with van der Waals surface area (Å²) in [6.45, 7) is 2.80. The first-order valence-electron chi connectivity index (χ1n) is 6.93. The van der Waals surface area contributed by atoms with Crippen molar-refractivity contribution < 1.29 is 28.5 Å². The number of ether oxygens (including phenoxy) is 5. The van der Waals surface area contributed by atoms with Crippen molar-refractivity contribution in [2.75, 3.05) is 40.8 Å². The zero-order valence-corrected chi connectivity index (χ0v) is 13.2. The summed E-state index contributed by atoms with van der Waals surface area (Å²) >= 11 is 0. The standard InChI is InChI=1S/C16H22O6/c1-4-21-16(17)15(22-12-20-10-9-18-2)11-13-5-7-14(19-3)8-6-13/h5-8,11H,4,9-10,12H2,1-3H3/b15-11-. The van der Waals surface area contributed by atoms with E-state index in [0.717, 1.165) is 11.3 Å². The van der Waals surface area contributed by atoms with E-state index in [-0.39, 0.29) is 19.2 Å². The fraction of sp³-hybridized carbons (Fsp3) is 0.438. The van der Waals surface area contributed by atoms with Crippen LogP contribution in [0.5, 0.6) is 5.75 Å². The number of benzene rings is 1. The smallest absolute Gasteiger partial charge is 0.373 e. The molecule has 6 nitrogen and oxygen atoms in total. The van der Waals surface area contributed by atoms with E-state index in [1.807, 2.05) is 12.1 Å². The predicted octanol–water partition coefficient (Wildman–Crippen LogP) is 2.24. The summed E-state index contributed by atoms with van der Waals surface area (Å²) in [7, 11) is 3.17. The summed E-state index contributed by atoms with van der Waals surface area (Å²) in [5, 5.41) is 0. The minimum Gasteiger partial charge on any atom is -0.497 e. The number of methoxy groups -OCH3 is 2. The summed E-state index contributed by atoms with van der Waals surface area (Å²) in [5.74, 6) is 0.289. The molecule has 0 fully saturated rings. The van der Waals surface area contributed by atoms with Crippen LogP contribution in [-0.4, -0.2) is 46.8 Å². The molecule has 0 amide bonds. The van der Waals surface area contributed by atoms with Gasteiger partial charge < -0.3 is 23.7 Å². The molecule has 1 aromatic rings. The third kappa shape index (κ3) is 6.60. The van der Waals surface area contributed by atoms with Gasteiger partial charge in [0.2, 0.25) is 5.76 Å². The molecular weight excluding hydrogens is 288 g/mol. The lowest BCUT2D eigenvalue weighted by atomic mass is 10.2. The summed E-state index contributed by atoms with van der Waals surface area (Å²) in [6, 6.07) is 7.22. The molecule has 0 bridgehead atoms. The number of rotatable bonds is 10. The number of esters is 1. The van der Waals surface area contributed by atoms with Crippen LogP contribution in [0.2, 0.25) is 0 Å². The Kier molecular flexibility index (Phi) is 8.71. The highest BCUT2D eigenvalue weighted by Gasteiger charge is 2.12. The minimum absolute atomic E-state index is 0.0514. The molecule has 0 unspecified atom stereocenters. The van der Waals surface area contributed by atoms with Gasteiger partial charge in [-0.25, -0.2) is 4.79 Å². The maximum atomic E-state index is 11.9. The van der Waals surface area contributed by atoms with Crippen LogP contribution in [0.3, 0.4) is 0 Å². The molecule has 122 valence electrons. The second kappa shape index (κ2) is 10.6. The topological polar surface area (TPSA) is 63.2 Å². The van der Waals surface area contributed by atoms with Crippen molar-refractivity contribution in [1.29, 1.82) is 0 Å². The van der Waals surface area contributed by atoms with Gasteiger partial charge in [-0.1, -0.05) is 12.1 Å². The second-order valence-corrected chi connectivity index (χ2v) is 4.17. The van der Waals surface area contributed by atoms with Crippen molar-refractivity contribution in [2.45, 2.75) is 6.92 Å². The minimum atomic E-state index is -0.534. The molecule has 0 aliphatic heterocycles. The molecule has 1 rings (SSSR count). The Labute approximate surface area is 130 Å². The van der Waals surface area contributed by atoms with Crippen molar-refractivity contribution >= 4 is 12.0 Å². The van der Waals surface area contributed by atoms with Gasteiger partial charge in [-0.05, 0) is 30.7 Å². The molecule has 0 heterocycles. The van der Waals surface area contributed by atoms with Crippen LogP contribution < -0.4 is 4.74 Å². The van der Waals surface area contributed by atoms with Crippen LogP contribution in [0.25, 0.3) is 6.08 Å². The largest absolute Gasteiger partial charge is 0.497 e. The molecule has 0 aliphatic rings. The lowest BCUT2D eigenvalue weighted by Crippen LogP contribution is -2.13. The normalized spacial score (nSPS) is 11.1. The van der Waals surface area contributed by atoms with Crippen molar-refractivity contribution in [3.8, 4) is 5.75 Å². The molecular formula is C16H22O6. The molecule has 1 aromatic carbocycles. The fourth-order valence-corrected chi connectivity index (χ4v) is 1.52. The van der Waals surface area contributed by atoms with E-state index < -0.39 is 5.97 Å². The van der Waals surface area contributed by atoms with E-state index in [2.05, 4.69) is 0 Å². The van der Waals surface area contributed by atoms with E-state index in [4.69, 9.17) is 23.7 Å². The van der Waals surface area contributed by atoms with Crippen LogP contribution in [0.1, 0.15) is 12.5 Å². The van der Waals surface area contributed by atoms with Crippen molar-refractivity contribution in [2.24, 2.45) is 0 Å². The number of hydrogen-bond acceptors (Lipinski definition) is 6. The lowest BCUT2D eigenvalue weighted by molar-refractivity contribution is -0.145. The molecule has 0 atom stereocenters. The van der Waals surface area contributed by atoms with E-state index in [9.17, 15) is 4.79 Å². The number of carbonyl (C=O) groups is 1. The van der Waals surface area contributed by atoms with Gasteiger partial charge in [0.05, 0.1) is 26.9 Å². The summed E-state index contributed by atoms with van der Waals surface area (Å²) in [6.07, 6.45) is 1.59. The Balaban J connectivity index is 2.70. The third-order valence-corrected chi connectivity index (χ3v) is 2.62. The average Bonchev–Trinajstić information content (AvgIpc) is 2.54. The average molecular weight is 310 g/mol. The summed E-state index contributed by atoms with van der Waals surface area (Å²) in [5.41, 5.74) is 0.792. The zero-order chi connectivity index (χ0) is 16.2. The molecule has 0 saturated carbocycles. The van der Waals surface area contributed by atoms with Gasteiger partial charge in [-0.2, -0.15) is 0 Å². The Morgan fingerprint density at radius 1 is 1.09 bits per heavy atom. The van der Waals surface area contributed by atoms with Crippen LogP contribution in [0.4, 0.5) is 0 Å². The molecule has 0 spiro atoms. The van der Waals surface area contributed by atoms with Gasteiger partial charge in [0.1, 0.15) is 5.75 Å². The van der Waals surface area contributed by atoms with Crippen LogP contribution >= 0.6 is 0 Å². The van der Waals surface area contributed by atoms with Gasteiger partial charge >= 0.3 is 5.97 Å². The Hall–Kier alpha value is -2.05. The third-order valence-electron chi connectivity index (χ3n) is 2.62. The number of hydrogen-bond donors (Lipinski definition) is 0. The first kappa shape index (κ1) is 18.0. The van der Waals surface area contributed by atoms with E-state index in [1.165, 1.54) is 0 Å². The van der Waals surface area contributed by atoms with Gasteiger partial charge in [-0.15, -0.1) is 0 Å². The van der Waals surface area contributed by atoms with Crippen molar-refractivity contribution in [1.82, 2.24) is 0 Å². The SMILES string of the molecule is CCOC(=O)/C(=C/c1ccc(OC)cc1)OCOCCOC. The highest BCUT2D eigenvalue weighted by Crippen LogP contribution is 2.15. The second-order valence-electron chi connectivity index (χ2n) is 4.17. The van der Waals surface area contributed by atoms with Crippen LogP contribution in [0, 0.1) is 0 Å². The molecule has 0 radical (unpaired) electrons. The van der Waals surface area contributed by atoms with Gasteiger partial charge in [-0.3, -0.25) is 0 Å². The summed E-state index contributed by atoms with van der Waals surface area (Å²) < 4.78 is 25.4. The Bertz CT molecular complexity index is 466. The van der Waals surface area contributed by atoms with Crippen molar-refractivity contribution in [3.63, 3.8) is 0 Å². The molecule has 6 heteroatoms. The summed E-state index contributed by atoms with van der Waals surface area (Å²) in [4.78, 5) is 11.9. The first-order valence-corrected chi connectivity index (χ1v) is 6.93. The fourth-order valence-electron chi connectivity index (χ4n) is 1.52. The van der Waals surface area contributed by atoms with Gasteiger partial charge in [0.15, 0.2) is 6.79 Å². The Morgan fingerprint density at radius 2 is 1.82 bits per heavy atom. The lowest BCUT2D eigenvalue weighted by Gasteiger charge is -2.10. The van der Waals surface area contributed by atoms with E-state index in [1.54, 1.807) is 39.4 Å². The zero-order valence-electron chi connectivity index (χ0n) is 13.2. The maximum Gasteiger partial charge on any atom is 0.373 e. The van der Waals surface area contributed by atoms with Gasteiger partial charge in [0.25, 0.3) is 0 Å². The van der Waals surface area contributed by atoms with Crippen LogP contribution in [0.15, 0.2) is 30.0 Å². The number of carbonyl (C=O) groups excluding carboxylic acids is 1. The monoisotopic (exact) mass is 310 g/mol. The van der Waals surface area contributed by atoms with Crippen molar-refractivity contribution in [3.05, 3.63) is 35.6 Å². The molecule has 22 heavy (non-hydrogen) atoms. The quantitative estimate of drug-likeness (QED) is 0.217. The molecule has 0 aromatic heterocycles. The first-order chi connectivity index (χ1) is 10.7. The predicted molar refractivity (Wildman–Crippen MR) is 81.4 cm³/mol. The molecule has 0 N–H and O–H groups in total. The highest BCUT2D eigenvalue weighted by atomic mass is 16.7. The van der Waals surface area contributed by atoms with Crippen LogP contribution in [-0.2, 0) is 23.7 Å². The van der Waals surface area contributed by atoms with E-state index >= 15 is 0 Å². The van der Waals surface area contributed by atoms with E-state index in [0.29, 0.717) is 13.2 Å². The molecule has 0 saturated heterocycles. The van der Waals surface area contributed by atoms with Gasteiger partial charge in [0, 0.05) is 7.11 Å². The molecule has 0 aliphatic carbocycles.